The van der Waals surface area contributed by atoms with Crippen LogP contribution in [0, 0.1) is 5.92 Å². The normalized spacial score (nSPS) is 23.6. The second kappa shape index (κ2) is 5.05. The molecule has 0 atom stereocenters. The van der Waals surface area contributed by atoms with Crippen LogP contribution in [0.4, 0.5) is 13.2 Å². The maximum atomic E-state index is 12.8. The molecule has 0 radical (unpaired) electrons. The van der Waals surface area contributed by atoms with Crippen LogP contribution in [0.5, 0.6) is 5.88 Å². The van der Waals surface area contributed by atoms with Crippen molar-refractivity contribution < 1.29 is 17.9 Å². The summed E-state index contributed by atoms with van der Waals surface area (Å²) >= 11 is 2.97. The largest absolute Gasteiger partial charge is 0.474 e. The quantitative estimate of drug-likeness (QED) is 0.929. The summed E-state index contributed by atoms with van der Waals surface area (Å²) < 4.78 is 43.9. The third-order valence-electron chi connectivity index (χ3n) is 2.93. The first-order valence-corrected chi connectivity index (χ1v) is 6.29. The lowest BCUT2D eigenvalue weighted by atomic mass is 9.82. The zero-order valence-electron chi connectivity index (χ0n) is 9.38. The van der Waals surface area contributed by atoms with Crippen LogP contribution in [0.25, 0.3) is 0 Å². The van der Waals surface area contributed by atoms with E-state index in [9.17, 15) is 13.2 Å². The number of halogens is 4. The van der Waals surface area contributed by atoms with Crippen molar-refractivity contribution in [3.8, 4) is 5.88 Å². The summed E-state index contributed by atoms with van der Waals surface area (Å²) in [6.45, 7) is 0.541. The number of aromatic nitrogens is 1. The van der Waals surface area contributed by atoms with Crippen molar-refractivity contribution in [2.24, 2.45) is 11.7 Å². The van der Waals surface area contributed by atoms with Crippen molar-refractivity contribution in [1.82, 2.24) is 4.98 Å². The fraction of sp³-hybridized carbons (Fsp3) is 0.545. The van der Waals surface area contributed by atoms with Gasteiger partial charge in [-0.25, -0.2) is 4.98 Å². The molecule has 0 spiro atoms. The summed E-state index contributed by atoms with van der Waals surface area (Å²) in [7, 11) is 0. The Morgan fingerprint density at radius 2 is 2.11 bits per heavy atom. The molecule has 100 valence electrons. The summed E-state index contributed by atoms with van der Waals surface area (Å²) in [5.41, 5.74) is 4.60. The molecule has 0 amide bonds. The number of alkyl halides is 3. The highest BCUT2D eigenvalue weighted by Crippen LogP contribution is 2.39. The van der Waals surface area contributed by atoms with Crippen LogP contribution >= 0.6 is 15.9 Å². The average Bonchev–Trinajstić information content (AvgIpc) is 2.23. The molecular weight excluding hydrogens is 313 g/mol. The van der Waals surface area contributed by atoms with Crippen LogP contribution in [-0.4, -0.2) is 17.6 Å². The van der Waals surface area contributed by atoms with Crippen LogP contribution in [0.3, 0.4) is 0 Å². The van der Waals surface area contributed by atoms with Crippen molar-refractivity contribution >= 4 is 15.9 Å². The summed E-state index contributed by atoms with van der Waals surface area (Å²) in [6.07, 6.45) is -2.02. The molecule has 0 saturated heterocycles. The van der Waals surface area contributed by atoms with Crippen LogP contribution < -0.4 is 10.5 Å². The van der Waals surface area contributed by atoms with Gasteiger partial charge in [0.05, 0.1) is 0 Å². The number of ether oxygens (including phenoxy) is 1. The van der Waals surface area contributed by atoms with E-state index in [1.54, 1.807) is 0 Å². The van der Waals surface area contributed by atoms with Gasteiger partial charge in [0.15, 0.2) is 0 Å². The van der Waals surface area contributed by atoms with Gasteiger partial charge in [-0.05, 0) is 47.3 Å². The zero-order valence-corrected chi connectivity index (χ0v) is 11.0. The molecular formula is C11H12BrF3N2O. The monoisotopic (exact) mass is 324 g/mol. The van der Waals surface area contributed by atoms with Crippen molar-refractivity contribution in [3.05, 3.63) is 22.3 Å². The highest BCUT2D eigenvalue weighted by molar-refractivity contribution is 9.10. The molecule has 1 fully saturated rings. The highest BCUT2D eigenvalue weighted by atomic mass is 79.9. The van der Waals surface area contributed by atoms with Gasteiger partial charge in [0.1, 0.15) is 11.7 Å². The summed E-state index contributed by atoms with van der Waals surface area (Å²) in [4.78, 5) is 3.70. The minimum Gasteiger partial charge on any atom is -0.474 e. The first-order chi connectivity index (χ1) is 8.40. The van der Waals surface area contributed by atoms with E-state index in [1.807, 2.05) is 0 Å². The van der Waals surface area contributed by atoms with Crippen molar-refractivity contribution in [2.75, 3.05) is 6.54 Å². The van der Waals surface area contributed by atoms with Crippen molar-refractivity contribution in [1.29, 1.82) is 0 Å². The fourth-order valence-electron chi connectivity index (χ4n) is 1.84. The Labute approximate surface area is 111 Å². The van der Waals surface area contributed by atoms with E-state index >= 15 is 0 Å². The molecule has 0 unspecified atom stereocenters. The van der Waals surface area contributed by atoms with Crippen molar-refractivity contribution in [3.63, 3.8) is 0 Å². The molecule has 1 aliphatic rings. The smallest absolute Gasteiger partial charge is 0.421 e. The van der Waals surface area contributed by atoms with Crippen LogP contribution in [-0.2, 0) is 6.18 Å². The molecule has 0 aromatic carbocycles. The molecule has 7 heteroatoms. The maximum absolute atomic E-state index is 12.8. The van der Waals surface area contributed by atoms with Crippen LogP contribution in [0.15, 0.2) is 16.7 Å². The van der Waals surface area contributed by atoms with E-state index in [1.165, 1.54) is 6.20 Å². The number of nitrogens with zero attached hydrogens (tertiary/aromatic N) is 1. The first kappa shape index (κ1) is 13.6. The predicted octanol–water partition coefficient (Wildman–Crippen LogP) is 2.98. The fourth-order valence-corrected chi connectivity index (χ4v) is 2.18. The molecule has 2 rings (SSSR count). The molecule has 18 heavy (non-hydrogen) atoms. The van der Waals surface area contributed by atoms with E-state index in [4.69, 9.17) is 10.5 Å². The Morgan fingerprint density at radius 3 is 2.67 bits per heavy atom. The van der Waals surface area contributed by atoms with Gasteiger partial charge in [0.2, 0.25) is 5.88 Å². The SMILES string of the molecule is NCC1CC(Oc2ncc(Br)cc2C(F)(F)F)C1. The Hall–Kier alpha value is -0.820. The van der Waals surface area contributed by atoms with Gasteiger partial charge in [0.25, 0.3) is 0 Å². The minimum absolute atomic E-state index is 0.215. The maximum Gasteiger partial charge on any atom is 0.421 e. The minimum atomic E-state index is -4.47. The summed E-state index contributed by atoms with van der Waals surface area (Å²) in [5.74, 6) is -0.00837. The molecule has 2 N–H and O–H groups in total. The van der Waals surface area contributed by atoms with E-state index in [0.29, 0.717) is 25.3 Å². The van der Waals surface area contributed by atoms with Gasteiger partial charge in [-0.1, -0.05) is 0 Å². The average molecular weight is 325 g/mol. The molecule has 0 bridgehead atoms. The highest BCUT2D eigenvalue weighted by Gasteiger charge is 2.38. The van der Waals surface area contributed by atoms with E-state index in [0.717, 1.165) is 6.07 Å². The molecule has 1 aromatic heterocycles. The molecule has 1 heterocycles. The topological polar surface area (TPSA) is 48.1 Å². The molecule has 1 aromatic rings. The van der Waals surface area contributed by atoms with E-state index in [2.05, 4.69) is 20.9 Å². The van der Waals surface area contributed by atoms with Gasteiger partial charge < -0.3 is 10.5 Å². The van der Waals surface area contributed by atoms with Crippen LogP contribution in [0.2, 0.25) is 0 Å². The second-order valence-electron chi connectivity index (χ2n) is 4.32. The molecule has 0 aliphatic heterocycles. The van der Waals surface area contributed by atoms with E-state index in [-0.39, 0.29) is 16.5 Å². The van der Waals surface area contributed by atoms with Gasteiger partial charge in [-0.2, -0.15) is 13.2 Å². The van der Waals surface area contributed by atoms with Crippen molar-refractivity contribution in [2.45, 2.75) is 25.1 Å². The number of nitrogens with two attached hydrogens (primary N) is 1. The lowest BCUT2D eigenvalue weighted by Crippen LogP contribution is -2.38. The lowest BCUT2D eigenvalue weighted by Gasteiger charge is -2.34. The number of rotatable bonds is 3. The number of hydrogen-bond donors (Lipinski definition) is 1. The predicted molar refractivity (Wildman–Crippen MR) is 63.1 cm³/mol. The molecule has 1 saturated carbocycles. The van der Waals surface area contributed by atoms with Gasteiger partial charge in [-0.15, -0.1) is 0 Å². The van der Waals surface area contributed by atoms with Gasteiger partial charge in [0, 0.05) is 10.7 Å². The summed E-state index contributed by atoms with van der Waals surface area (Å²) in [6, 6.07) is 0.974. The second-order valence-corrected chi connectivity index (χ2v) is 5.23. The summed E-state index contributed by atoms with van der Waals surface area (Å²) in [5, 5.41) is 0. The number of pyridine rings is 1. The zero-order chi connectivity index (χ0) is 13.3. The van der Waals surface area contributed by atoms with Gasteiger partial charge in [-0.3, -0.25) is 0 Å². The molecule has 3 nitrogen and oxygen atoms in total. The number of hydrogen-bond acceptors (Lipinski definition) is 3. The van der Waals surface area contributed by atoms with Crippen LogP contribution in [0.1, 0.15) is 18.4 Å². The van der Waals surface area contributed by atoms with E-state index < -0.39 is 11.7 Å². The third-order valence-corrected chi connectivity index (χ3v) is 3.36. The first-order valence-electron chi connectivity index (χ1n) is 5.49. The standard InChI is InChI=1S/C11H12BrF3N2O/c12-7-3-9(11(13,14)15)10(17-5-7)18-8-1-6(2-8)4-16/h3,5-6,8H,1-2,4,16H2. The Balaban J connectivity index is 2.13. The Kier molecular flexibility index (Phi) is 3.82. The van der Waals surface area contributed by atoms with Gasteiger partial charge >= 0.3 is 6.18 Å². The third kappa shape index (κ3) is 2.95. The lowest BCUT2D eigenvalue weighted by molar-refractivity contribution is -0.140. The Bertz CT molecular complexity index is 433. The Morgan fingerprint density at radius 1 is 1.44 bits per heavy atom. The molecule has 1 aliphatic carbocycles.